The predicted octanol–water partition coefficient (Wildman–Crippen LogP) is 3.63. The highest BCUT2D eigenvalue weighted by Gasteiger charge is 2.41. The zero-order valence-corrected chi connectivity index (χ0v) is 20.9. The smallest absolute Gasteiger partial charge is 0.231 e. The Labute approximate surface area is 206 Å². The van der Waals surface area contributed by atoms with Gasteiger partial charge in [-0.1, -0.05) is 30.7 Å². The molecule has 4 atom stereocenters. The van der Waals surface area contributed by atoms with Crippen LogP contribution in [0.25, 0.3) is 0 Å². The van der Waals surface area contributed by atoms with E-state index in [1.54, 1.807) is 6.33 Å². The topological polar surface area (TPSA) is 81.6 Å². The van der Waals surface area contributed by atoms with Crippen LogP contribution in [0.5, 0.6) is 0 Å². The van der Waals surface area contributed by atoms with Gasteiger partial charge in [0.2, 0.25) is 5.91 Å². The molecule has 3 aliphatic rings. The molecular weight excluding hydrogens is 450 g/mol. The summed E-state index contributed by atoms with van der Waals surface area (Å²) in [5.41, 5.74) is 2.87. The summed E-state index contributed by atoms with van der Waals surface area (Å²) in [6, 6.07) is 7.84. The molecule has 1 aliphatic carbocycles. The van der Waals surface area contributed by atoms with Gasteiger partial charge in [-0.25, -0.2) is 9.97 Å². The van der Waals surface area contributed by atoms with Gasteiger partial charge in [-0.2, -0.15) is 0 Å². The zero-order chi connectivity index (χ0) is 24.0. The number of nitrogens with zero attached hydrogens (tertiary/aromatic N) is 4. The average Bonchev–Trinajstić information content (AvgIpc) is 3.33. The second kappa shape index (κ2) is 9.10. The van der Waals surface area contributed by atoms with Crippen LogP contribution < -0.4 is 10.2 Å². The third-order valence-corrected chi connectivity index (χ3v) is 7.98. The Morgan fingerprint density at radius 3 is 2.53 bits per heavy atom. The van der Waals surface area contributed by atoms with Crippen molar-refractivity contribution in [1.29, 1.82) is 0 Å². The molecule has 1 amide bonds. The number of piperazine rings is 1. The molecule has 5 rings (SSSR count). The van der Waals surface area contributed by atoms with E-state index >= 15 is 0 Å². The van der Waals surface area contributed by atoms with Crippen molar-refractivity contribution in [3.05, 3.63) is 52.4 Å². The molecule has 2 aliphatic heterocycles. The van der Waals surface area contributed by atoms with Gasteiger partial charge in [0.15, 0.2) is 0 Å². The number of hydrogen-bond donors (Lipinski definition) is 2. The van der Waals surface area contributed by atoms with Gasteiger partial charge in [-0.3, -0.25) is 4.79 Å². The summed E-state index contributed by atoms with van der Waals surface area (Å²) in [4.78, 5) is 27.0. The van der Waals surface area contributed by atoms with Crippen molar-refractivity contribution in [2.75, 3.05) is 31.1 Å². The Hall–Kier alpha value is -2.22. The van der Waals surface area contributed by atoms with Gasteiger partial charge in [0.25, 0.3) is 0 Å². The monoisotopic (exact) mass is 483 g/mol. The molecular formula is C26H34ClN5O2. The Kier molecular flexibility index (Phi) is 6.29. The number of aromatic nitrogens is 2. The molecule has 8 heteroatoms. The van der Waals surface area contributed by atoms with Gasteiger partial charge >= 0.3 is 0 Å². The first-order valence-electron chi connectivity index (χ1n) is 12.3. The lowest BCUT2D eigenvalue weighted by Gasteiger charge is -2.39. The van der Waals surface area contributed by atoms with Crippen LogP contribution in [0.2, 0.25) is 5.02 Å². The van der Waals surface area contributed by atoms with E-state index in [9.17, 15) is 9.90 Å². The van der Waals surface area contributed by atoms with Crippen molar-refractivity contribution in [2.45, 2.75) is 69.6 Å². The normalized spacial score (nSPS) is 27.0. The van der Waals surface area contributed by atoms with E-state index < -0.39 is 6.10 Å². The van der Waals surface area contributed by atoms with Crippen molar-refractivity contribution in [2.24, 2.45) is 0 Å². The summed E-state index contributed by atoms with van der Waals surface area (Å²) < 4.78 is 0. The minimum absolute atomic E-state index is 0.0307. The van der Waals surface area contributed by atoms with Crippen LogP contribution in [-0.4, -0.2) is 63.6 Å². The first-order chi connectivity index (χ1) is 16.2. The fourth-order valence-electron chi connectivity index (χ4n) is 5.92. The summed E-state index contributed by atoms with van der Waals surface area (Å²) in [7, 11) is 0. The second-order valence-corrected chi connectivity index (χ2v) is 11.1. The first kappa shape index (κ1) is 23.5. The second-order valence-electron chi connectivity index (χ2n) is 10.7. The predicted molar refractivity (Wildman–Crippen MR) is 133 cm³/mol. The van der Waals surface area contributed by atoms with Crippen LogP contribution >= 0.6 is 11.6 Å². The van der Waals surface area contributed by atoms with Gasteiger partial charge in [0.05, 0.1) is 17.7 Å². The summed E-state index contributed by atoms with van der Waals surface area (Å²) in [6.07, 6.45) is 3.74. The number of aliphatic hydroxyl groups excluding tert-OH is 1. The van der Waals surface area contributed by atoms with Gasteiger partial charge in [0, 0.05) is 48.3 Å². The van der Waals surface area contributed by atoms with Crippen molar-refractivity contribution < 1.29 is 9.90 Å². The van der Waals surface area contributed by atoms with Crippen molar-refractivity contribution in [3.8, 4) is 0 Å². The van der Waals surface area contributed by atoms with Crippen molar-refractivity contribution in [3.63, 3.8) is 0 Å². The minimum atomic E-state index is -0.516. The number of fused-ring (bicyclic) bond motifs is 1. The van der Waals surface area contributed by atoms with Gasteiger partial charge in [-0.05, 0) is 56.7 Å². The molecule has 182 valence electrons. The molecule has 1 aromatic heterocycles. The molecule has 34 heavy (non-hydrogen) atoms. The number of rotatable bonds is 4. The highest BCUT2D eigenvalue weighted by Crippen LogP contribution is 2.43. The largest absolute Gasteiger partial charge is 0.387 e. The van der Waals surface area contributed by atoms with E-state index in [4.69, 9.17) is 11.6 Å². The summed E-state index contributed by atoms with van der Waals surface area (Å²) in [5.74, 6) is 1.08. The number of carbonyl (C=O) groups excluding carboxylic acids is 1. The lowest BCUT2D eigenvalue weighted by molar-refractivity contribution is -0.133. The van der Waals surface area contributed by atoms with Gasteiger partial charge < -0.3 is 20.2 Å². The highest BCUT2D eigenvalue weighted by molar-refractivity contribution is 6.30. The fraction of sp³-hybridized carbons (Fsp3) is 0.577. The van der Waals surface area contributed by atoms with Crippen LogP contribution in [0.4, 0.5) is 5.82 Å². The number of amides is 1. The molecule has 0 spiro atoms. The molecule has 7 nitrogen and oxygen atoms in total. The van der Waals surface area contributed by atoms with Crippen LogP contribution in [0.1, 0.15) is 74.8 Å². The van der Waals surface area contributed by atoms with E-state index in [-0.39, 0.29) is 29.3 Å². The molecule has 0 saturated carbocycles. The lowest BCUT2D eigenvalue weighted by Crippen LogP contribution is -2.53. The highest BCUT2D eigenvalue weighted by atomic mass is 35.5. The number of benzene rings is 1. The minimum Gasteiger partial charge on any atom is -0.387 e. The maximum absolute atomic E-state index is 13.9. The molecule has 2 N–H and O–H groups in total. The third kappa shape index (κ3) is 4.41. The molecule has 0 radical (unpaired) electrons. The summed E-state index contributed by atoms with van der Waals surface area (Å²) in [6.45, 7) is 9.25. The number of halogens is 1. The first-order valence-corrected chi connectivity index (χ1v) is 12.7. The number of carbonyl (C=O) groups is 1. The van der Waals surface area contributed by atoms with E-state index in [0.29, 0.717) is 24.5 Å². The number of hydrogen-bond acceptors (Lipinski definition) is 6. The van der Waals surface area contributed by atoms with Crippen LogP contribution in [0.15, 0.2) is 30.6 Å². The number of aliphatic hydroxyl groups is 1. The number of anilines is 1. The van der Waals surface area contributed by atoms with Crippen LogP contribution in [0, 0.1) is 0 Å². The maximum Gasteiger partial charge on any atom is 0.231 e. The lowest BCUT2D eigenvalue weighted by atomic mass is 9.88. The Balaban J connectivity index is 1.33. The Morgan fingerprint density at radius 1 is 1.18 bits per heavy atom. The van der Waals surface area contributed by atoms with Crippen molar-refractivity contribution >= 4 is 23.3 Å². The van der Waals surface area contributed by atoms with E-state index in [1.165, 1.54) is 0 Å². The molecule has 2 aromatic rings. The average molecular weight is 484 g/mol. The maximum atomic E-state index is 13.9. The summed E-state index contributed by atoms with van der Waals surface area (Å²) in [5, 5.41) is 14.7. The van der Waals surface area contributed by atoms with E-state index in [2.05, 4.69) is 41.0 Å². The zero-order valence-electron chi connectivity index (χ0n) is 20.2. The number of nitrogens with one attached hydrogen (secondary N) is 1. The Morgan fingerprint density at radius 2 is 1.88 bits per heavy atom. The molecule has 2 fully saturated rings. The standard InChI is InChI=1S/C26H34ClN5O2/c1-16-14-20(33)23-21(16)24(29-15-28-23)31-10-12-32(13-11-31)25(34)22(17-4-6-18(27)7-5-17)19-8-9-26(2,3)30-19/h4-7,15-16,19-20,22,30,33H,8-14H2,1-3H3/t16-,19+,20?,22?/m1/s1. The Bertz CT molecular complexity index is 1050. The van der Waals surface area contributed by atoms with E-state index in [0.717, 1.165) is 48.6 Å². The van der Waals surface area contributed by atoms with E-state index in [1.807, 2.05) is 29.2 Å². The van der Waals surface area contributed by atoms with Gasteiger partial charge in [0.1, 0.15) is 12.1 Å². The fourth-order valence-corrected chi connectivity index (χ4v) is 6.05. The summed E-state index contributed by atoms with van der Waals surface area (Å²) >= 11 is 6.14. The molecule has 3 heterocycles. The van der Waals surface area contributed by atoms with Crippen LogP contribution in [-0.2, 0) is 4.79 Å². The molecule has 2 saturated heterocycles. The molecule has 2 unspecified atom stereocenters. The molecule has 0 bridgehead atoms. The van der Waals surface area contributed by atoms with Crippen molar-refractivity contribution in [1.82, 2.24) is 20.2 Å². The third-order valence-electron chi connectivity index (χ3n) is 7.72. The molecule has 1 aromatic carbocycles. The quantitative estimate of drug-likeness (QED) is 0.691. The SMILES string of the molecule is C[C@@H]1CC(O)c2ncnc(N3CCN(C(=O)C(c4ccc(Cl)cc4)[C@@H]4CCC(C)(C)N4)CC3)c21. The van der Waals surface area contributed by atoms with Gasteiger partial charge in [-0.15, -0.1) is 0 Å². The van der Waals surface area contributed by atoms with Crippen LogP contribution in [0.3, 0.4) is 0 Å².